The van der Waals surface area contributed by atoms with Gasteiger partial charge in [-0.2, -0.15) is 0 Å². The molecule has 9 heteroatoms. The van der Waals surface area contributed by atoms with Crippen LogP contribution < -0.4 is 10.2 Å². The monoisotopic (exact) mass is 418 g/mol. The molecular formula is C20H19FN2O5S. The van der Waals surface area contributed by atoms with Gasteiger partial charge in [-0.05, 0) is 60.7 Å². The Hall–Kier alpha value is -3.17. The fraction of sp³-hybridized carbons (Fsp3) is 0.150. The number of amides is 1. The number of nitrogens with one attached hydrogen (secondary N) is 2. The van der Waals surface area contributed by atoms with Crippen molar-refractivity contribution in [3.8, 4) is 11.5 Å². The van der Waals surface area contributed by atoms with Crippen molar-refractivity contribution in [2.45, 2.75) is 17.1 Å². The van der Waals surface area contributed by atoms with Gasteiger partial charge in [0.15, 0.2) is 9.84 Å². The lowest BCUT2D eigenvalue weighted by Crippen LogP contribution is -2.33. The molecule has 0 aliphatic heterocycles. The second-order valence-corrected chi connectivity index (χ2v) is 8.45. The highest BCUT2D eigenvalue weighted by Crippen LogP contribution is 2.35. The quantitative estimate of drug-likeness (QED) is 0.401. The lowest BCUT2D eigenvalue weighted by atomic mass is 10.0. The number of hydrogen-bond donors (Lipinski definition) is 3. The largest absolute Gasteiger partial charge is 0.457 e. The summed E-state index contributed by atoms with van der Waals surface area (Å²) in [5, 5.41) is 7.71. The average molecular weight is 418 g/mol. The summed E-state index contributed by atoms with van der Waals surface area (Å²) in [4.78, 5) is 14.7. The van der Waals surface area contributed by atoms with Crippen molar-refractivity contribution in [2.75, 3.05) is 0 Å². The number of benzene rings is 2. The number of hydrogen-bond acceptors (Lipinski definition) is 5. The minimum atomic E-state index is -3.98. The minimum Gasteiger partial charge on any atom is -0.457 e. The zero-order valence-corrected chi connectivity index (χ0v) is 16.2. The Balaban J connectivity index is 1.90. The molecule has 7 nitrogen and oxygen atoms in total. The van der Waals surface area contributed by atoms with Crippen molar-refractivity contribution in [3.05, 3.63) is 78.4 Å². The van der Waals surface area contributed by atoms with Crippen LogP contribution in [-0.2, 0) is 14.6 Å². The number of H-pyrrole nitrogens is 1. The molecular weight excluding hydrogens is 399 g/mol. The van der Waals surface area contributed by atoms with Crippen LogP contribution in [0, 0.1) is 11.7 Å². The molecule has 3 aromatic rings. The van der Waals surface area contributed by atoms with Crippen molar-refractivity contribution < 1.29 is 27.5 Å². The summed E-state index contributed by atoms with van der Waals surface area (Å²) in [5.41, 5.74) is 1.83. The Morgan fingerprint density at radius 1 is 1.07 bits per heavy atom. The molecule has 0 spiro atoms. The van der Waals surface area contributed by atoms with Gasteiger partial charge in [0.1, 0.15) is 22.6 Å². The number of aromatic nitrogens is 1. The number of hydroxylamine groups is 1. The van der Waals surface area contributed by atoms with Crippen LogP contribution in [-0.4, -0.2) is 24.5 Å². The maximum atomic E-state index is 13.2. The number of ether oxygens (including phenoxy) is 1. The molecule has 3 rings (SSSR count). The predicted molar refractivity (Wildman–Crippen MR) is 103 cm³/mol. The zero-order valence-electron chi connectivity index (χ0n) is 15.4. The van der Waals surface area contributed by atoms with E-state index in [1.807, 2.05) is 0 Å². The van der Waals surface area contributed by atoms with Gasteiger partial charge in [-0.1, -0.05) is 6.92 Å². The van der Waals surface area contributed by atoms with Crippen molar-refractivity contribution in [1.29, 1.82) is 0 Å². The van der Waals surface area contributed by atoms with E-state index in [0.29, 0.717) is 17.2 Å². The number of carbonyl (C=O) groups is 1. The van der Waals surface area contributed by atoms with E-state index in [1.165, 1.54) is 60.9 Å². The molecule has 1 amide bonds. The molecule has 1 heterocycles. The summed E-state index contributed by atoms with van der Waals surface area (Å²) >= 11 is 0. The Morgan fingerprint density at radius 3 is 2.17 bits per heavy atom. The van der Waals surface area contributed by atoms with Crippen LogP contribution in [0.2, 0.25) is 0 Å². The first-order valence-electron chi connectivity index (χ1n) is 8.67. The first kappa shape index (κ1) is 20.6. The lowest BCUT2D eigenvalue weighted by molar-refractivity contribution is -0.133. The van der Waals surface area contributed by atoms with E-state index in [0.717, 1.165) is 0 Å². The first-order chi connectivity index (χ1) is 13.8. The van der Waals surface area contributed by atoms with E-state index in [9.17, 15) is 17.6 Å². The second kappa shape index (κ2) is 8.46. The highest BCUT2D eigenvalue weighted by atomic mass is 32.2. The standard InChI is InChI=1S/C20H19FN2O5S/c1-13(20(24)23-25)19(18-3-2-12-22-18)29(26,27)17-10-8-16(9-11-17)28-15-6-4-14(21)5-7-15/h2-13,19,22,25H,1H3,(H,23,24). The highest BCUT2D eigenvalue weighted by molar-refractivity contribution is 7.91. The molecule has 0 fully saturated rings. The van der Waals surface area contributed by atoms with E-state index >= 15 is 0 Å². The summed E-state index contributed by atoms with van der Waals surface area (Å²) in [6, 6.07) is 14.3. The SMILES string of the molecule is CC(C(=O)NO)C(c1ccc[nH]1)S(=O)(=O)c1ccc(Oc2ccc(F)cc2)cc1. The number of halogens is 1. The first-order valence-corrected chi connectivity index (χ1v) is 10.2. The van der Waals surface area contributed by atoms with E-state index in [1.54, 1.807) is 18.3 Å². The lowest BCUT2D eigenvalue weighted by Gasteiger charge is -2.22. The number of rotatable bonds is 7. The molecule has 29 heavy (non-hydrogen) atoms. The fourth-order valence-electron chi connectivity index (χ4n) is 2.95. The molecule has 0 saturated heterocycles. The molecule has 2 unspecified atom stereocenters. The normalized spacial score (nSPS) is 13.5. The van der Waals surface area contributed by atoms with E-state index < -0.39 is 32.7 Å². The topological polar surface area (TPSA) is 108 Å². The molecule has 2 aromatic carbocycles. The summed E-state index contributed by atoms with van der Waals surface area (Å²) in [6.07, 6.45) is 1.56. The van der Waals surface area contributed by atoms with Gasteiger partial charge in [0.2, 0.25) is 5.91 Å². The minimum absolute atomic E-state index is 0.0128. The van der Waals surface area contributed by atoms with Gasteiger partial charge in [0.25, 0.3) is 0 Å². The molecule has 0 aliphatic carbocycles. The van der Waals surface area contributed by atoms with Gasteiger partial charge >= 0.3 is 0 Å². The van der Waals surface area contributed by atoms with Crippen LogP contribution >= 0.6 is 0 Å². The van der Waals surface area contributed by atoms with Crippen molar-refractivity contribution in [2.24, 2.45) is 5.92 Å². The molecule has 2 atom stereocenters. The van der Waals surface area contributed by atoms with E-state index in [2.05, 4.69) is 4.98 Å². The number of carbonyl (C=O) groups excluding carboxylic acids is 1. The van der Waals surface area contributed by atoms with E-state index in [4.69, 9.17) is 9.94 Å². The van der Waals surface area contributed by atoms with Crippen molar-refractivity contribution in [3.63, 3.8) is 0 Å². The number of sulfone groups is 1. The van der Waals surface area contributed by atoms with Crippen LogP contribution in [0.15, 0.2) is 71.8 Å². The maximum absolute atomic E-state index is 13.2. The van der Waals surface area contributed by atoms with Crippen LogP contribution in [0.5, 0.6) is 11.5 Å². The van der Waals surface area contributed by atoms with Gasteiger partial charge in [0, 0.05) is 11.9 Å². The highest BCUT2D eigenvalue weighted by Gasteiger charge is 2.38. The summed E-state index contributed by atoms with van der Waals surface area (Å²) in [5.74, 6) is -1.49. The van der Waals surface area contributed by atoms with Gasteiger partial charge in [-0.3, -0.25) is 10.0 Å². The predicted octanol–water partition coefficient (Wildman–Crippen LogP) is 3.60. The molecule has 0 bridgehead atoms. The van der Waals surface area contributed by atoms with Gasteiger partial charge in [0.05, 0.1) is 10.8 Å². The Morgan fingerprint density at radius 2 is 1.66 bits per heavy atom. The van der Waals surface area contributed by atoms with Crippen LogP contribution in [0.1, 0.15) is 17.9 Å². The van der Waals surface area contributed by atoms with E-state index in [-0.39, 0.29) is 4.90 Å². The van der Waals surface area contributed by atoms with Gasteiger partial charge in [-0.15, -0.1) is 0 Å². The Labute approximate surface area is 167 Å². The van der Waals surface area contributed by atoms with Crippen LogP contribution in [0.3, 0.4) is 0 Å². The summed E-state index contributed by atoms with van der Waals surface area (Å²) in [7, 11) is -3.98. The van der Waals surface area contributed by atoms with Crippen molar-refractivity contribution >= 4 is 15.7 Å². The van der Waals surface area contributed by atoms with Crippen molar-refractivity contribution in [1.82, 2.24) is 10.5 Å². The number of aromatic amines is 1. The molecule has 1 aromatic heterocycles. The van der Waals surface area contributed by atoms with Crippen LogP contribution in [0.25, 0.3) is 0 Å². The molecule has 0 aliphatic rings. The third kappa shape index (κ3) is 4.47. The van der Waals surface area contributed by atoms with Gasteiger partial charge in [-0.25, -0.2) is 18.3 Å². The molecule has 3 N–H and O–H groups in total. The third-order valence-corrected chi connectivity index (χ3v) is 6.70. The molecule has 152 valence electrons. The Bertz CT molecular complexity index is 1070. The average Bonchev–Trinajstić information content (AvgIpc) is 3.23. The summed E-state index contributed by atoms with van der Waals surface area (Å²) < 4.78 is 45.0. The zero-order chi connectivity index (χ0) is 21.0. The maximum Gasteiger partial charge on any atom is 0.247 e. The molecule has 0 radical (unpaired) electrons. The smallest absolute Gasteiger partial charge is 0.247 e. The van der Waals surface area contributed by atoms with Gasteiger partial charge < -0.3 is 9.72 Å². The van der Waals surface area contributed by atoms with Crippen LogP contribution in [0.4, 0.5) is 4.39 Å². The summed E-state index contributed by atoms with van der Waals surface area (Å²) in [6.45, 7) is 1.42. The third-order valence-electron chi connectivity index (χ3n) is 4.44. The fourth-order valence-corrected chi connectivity index (χ4v) is 4.90. The second-order valence-electron chi connectivity index (χ2n) is 6.38. The Kier molecular flexibility index (Phi) is 6.00. The molecule has 0 saturated carbocycles.